The largest absolute Gasteiger partial charge is 0.496 e. The van der Waals surface area contributed by atoms with Crippen LogP contribution in [0.4, 0.5) is 0 Å². The Hall–Kier alpha value is -1.11. The first kappa shape index (κ1) is 16.3. The number of rotatable bonds is 8. The topological polar surface area (TPSA) is 67.4 Å². The fourth-order valence-corrected chi connectivity index (χ4v) is 3.65. The van der Waals surface area contributed by atoms with E-state index in [0.29, 0.717) is 17.2 Å². The van der Waals surface area contributed by atoms with E-state index in [9.17, 15) is 8.42 Å². The second-order valence-electron chi connectivity index (χ2n) is 5.82. The van der Waals surface area contributed by atoms with E-state index in [-0.39, 0.29) is 5.54 Å². The Morgan fingerprint density at radius 2 is 2.05 bits per heavy atom. The maximum absolute atomic E-state index is 12.4. The molecule has 0 aromatic heterocycles. The Bertz CT molecular complexity index is 595. The molecule has 5 nitrogen and oxygen atoms in total. The van der Waals surface area contributed by atoms with Crippen molar-refractivity contribution in [2.45, 2.75) is 50.1 Å². The Balaban J connectivity index is 2.21. The van der Waals surface area contributed by atoms with Crippen LogP contribution in [0.5, 0.6) is 5.75 Å². The number of benzene rings is 1. The van der Waals surface area contributed by atoms with Gasteiger partial charge in [-0.15, -0.1) is 0 Å². The minimum Gasteiger partial charge on any atom is -0.496 e. The van der Waals surface area contributed by atoms with Crippen molar-refractivity contribution in [1.29, 1.82) is 0 Å². The summed E-state index contributed by atoms with van der Waals surface area (Å²) in [7, 11) is -1.87. The monoisotopic (exact) mass is 312 g/mol. The third kappa shape index (κ3) is 4.18. The fraction of sp³-hybridized carbons (Fsp3) is 0.600. The predicted molar refractivity (Wildman–Crippen MR) is 83.0 cm³/mol. The molecule has 118 valence electrons. The zero-order valence-corrected chi connectivity index (χ0v) is 13.7. The number of sulfonamides is 1. The van der Waals surface area contributed by atoms with Crippen LogP contribution in [0.25, 0.3) is 0 Å². The van der Waals surface area contributed by atoms with Crippen LogP contribution in [0.2, 0.25) is 0 Å². The van der Waals surface area contributed by atoms with E-state index in [1.807, 2.05) is 6.92 Å². The van der Waals surface area contributed by atoms with E-state index in [1.165, 1.54) is 0 Å². The van der Waals surface area contributed by atoms with Gasteiger partial charge >= 0.3 is 0 Å². The van der Waals surface area contributed by atoms with Crippen molar-refractivity contribution in [3.05, 3.63) is 23.8 Å². The molecule has 2 N–H and O–H groups in total. The lowest BCUT2D eigenvalue weighted by Gasteiger charge is -2.15. The zero-order chi connectivity index (χ0) is 15.5. The standard InChI is InChI=1S/C15H24N2O3S/c1-4-9-16-11-12-10-13(5-6-14(12)20-3)21(18,19)17-15(2)7-8-15/h5-6,10,16-17H,4,7-9,11H2,1-3H3. The van der Waals surface area contributed by atoms with Crippen LogP contribution in [0.1, 0.15) is 38.7 Å². The van der Waals surface area contributed by atoms with Crippen LogP contribution in [0.15, 0.2) is 23.1 Å². The number of hydrogen-bond donors (Lipinski definition) is 2. The predicted octanol–water partition coefficient (Wildman–Crippen LogP) is 2.03. The maximum Gasteiger partial charge on any atom is 0.241 e. The molecular formula is C15H24N2O3S. The first-order valence-electron chi connectivity index (χ1n) is 7.32. The molecular weight excluding hydrogens is 288 g/mol. The van der Waals surface area contributed by atoms with Gasteiger partial charge in [0.1, 0.15) is 5.75 Å². The molecule has 0 bridgehead atoms. The third-order valence-electron chi connectivity index (χ3n) is 3.69. The summed E-state index contributed by atoms with van der Waals surface area (Å²) in [5.74, 6) is 0.704. The van der Waals surface area contributed by atoms with Crippen LogP contribution < -0.4 is 14.8 Å². The van der Waals surface area contributed by atoms with E-state index in [0.717, 1.165) is 31.4 Å². The van der Waals surface area contributed by atoms with Crippen molar-refractivity contribution < 1.29 is 13.2 Å². The van der Waals surface area contributed by atoms with Gasteiger partial charge in [0, 0.05) is 17.6 Å². The van der Waals surface area contributed by atoms with Crippen molar-refractivity contribution in [2.24, 2.45) is 0 Å². The molecule has 0 heterocycles. The highest BCUT2D eigenvalue weighted by Gasteiger charge is 2.41. The van der Waals surface area contributed by atoms with Crippen LogP contribution in [0, 0.1) is 0 Å². The Labute approximate surface area is 127 Å². The van der Waals surface area contributed by atoms with Gasteiger partial charge in [-0.1, -0.05) is 6.92 Å². The number of methoxy groups -OCH3 is 1. The SMILES string of the molecule is CCCNCc1cc(S(=O)(=O)NC2(C)CC2)ccc1OC. The van der Waals surface area contributed by atoms with Crippen molar-refractivity contribution in [1.82, 2.24) is 10.0 Å². The van der Waals surface area contributed by atoms with Crippen molar-refractivity contribution in [3.8, 4) is 5.75 Å². The highest BCUT2D eigenvalue weighted by atomic mass is 32.2. The summed E-state index contributed by atoms with van der Waals surface area (Å²) < 4.78 is 32.9. The van der Waals surface area contributed by atoms with Gasteiger partial charge in [0.25, 0.3) is 0 Å². The van der Waals surface area contributed by atoms with Crippen LogP contribution >= 0.6 is 0 Å². The van der Waals surface area contributed by atoms with Crippen LogP contribution in [-0.2, 0) is 16.6 Å². The summed E-state index contributed by atoms with van der Waals surface area (Å²) >= 11 is 0. The van der Waals surface area contributed by atoms with Gasteiger partial charge in [0.05, 0.1) is 12.0 Å². The highest BCUT2D eigenvalue weighted by molar-refractivity contribution is 7.89. The zero-order valence-electron chi connectivity index (χ0n) is 12.9. The van der Waals surface area contributed by atoms with Gasteiger partial charge in [-0.05, 0) is 50.9 Å². The molecule has 1 fully saturated rings. The van der Waals surface area contributed by atoms with Gasteiger partial charge in [-0.2, -0.15) is 0 Å². The van der Waals surface area contributed by atoms with Crippen LogP contribution in [-0.4, -0.2) is 27.6 Å². The summed E-state index contributed by atoms with van der Waals surface area (Å²) in [6.45, 7) is 5.50. The number of nitrogens with one attached hydrogen (secondary N) is 2. The van der Waals surface area contributed by atoms with Gasteiger partial charge in [0.15, 0.2) is 0 Å². The summed E-state index contributed by atoms with van der Waals surface area (Å²) in [4.78, 5) is 0.296. The molecule has 0 radical (unpaired) electrons. The molecule has 0 atom stereocenters. The molecule has 0 spiro atoms. The Morgan fingerprint density at radius 1 is 1.33 bits per heavy atom. The maximum atomic E-state index is 12.4. The summed E-state index contributed by atoms with van der Waals surface area (Å²) in [6.07, 6.45) is 2.82. The second kappa shape index (κ2) is 6.34. The summed E-state index contributed by atoms with van der Waals surface area (Å²) in [6, 6.07) is 5.00. The average molecular weight is 312 g/mol. The molecule has 1 aromatic rings. The first-order valence-corrected chi connectivity index (χ1v) is 8.80. The lowest BCUT2D eigenvalue weighted by molar-refractivity contribution is 0.407. The Kier molecular flexibility index (Phi) is 4.91. The molecule has 2 rings (SSSR count). The minimum absolute atomic E-state index is 0.264. The van der Waals surface area contributed by atoms with E-state index < -0.39 is 10.0 Å². The average Bonchev–Trinajstić information content (AvgIpc) is 3.15. The number of ether oxygens (including phenoxy) is 1. The van der Waals surface area contributed by atoms with Crippen molar-refractivity contribution in [2.75, 3.05) is 13.7 Å². The van der Waals surface area contributed by atoms with Crippen molar-refractivity contribution >= 4 is 10.0 Å². The van der Waals surface area contributed by atoms with Gasteiger partial charge in [-0.25, -0.2) is 13.1 Å². The van der Waals surface area contributed by atoms with E-state index >= 15 is 0 Å². The summed E-state index contributed by atoms with van der Waals surface area (Å²) in [5, 5.41) is 3.27. The smallest absolute Gasteiger partial charge is 0.241 e. The molecule has 0 saturated heterocycles. The highest BCUT2D eigenvalue weighted by Crippen LogP contribution is 2.36. The fourth-order valence-electron chi connectivity index (χ4n) is 2.13. The molecule has 0 aliphatic heterocycles. The van der Waals surface area contributed by atoms with Gasteiger partial charge in [-0.3, -0.25) is 0 Å². The normalized spacial score (nSPS) is 16.7. The number of hydrogen-bond acceptors (Lipinski definition) is 4. The molecule has 1 aliphatic carbocycles. The second-order valence-corrected chi connectivity index (χ2v) is 7.50. The van der Waals surface area contributed by atoms with Crippen LogP contribution in [0.3, 0.4) is 0 Å². The molecule has 6 heteroatoms. The van der Waals surface area contributed by atoms with Gasteiger partial charge in [0.2, 0.25) is 10.0 Å². The molecule has 0 unspecified atom stereocenters. The van der Waals surface area contributed by atoms with E-state index in [4.69, 9.17) is 4.74 Å². The molecule has 1 aromatic carbocycles. The lowest BCUT2D eigenvalue weighted by atomic mass is 10.2. The molecule has 21 heavy (non-hydrogen) atoms. The third-order valence-corrected chi connectivity index (χ3v) is 5.32. The Morgan fingerprint density at radius 3 is 2.62 bits per heavy atom. The van der Waals surface area contributed by atoms with E-state index in [1.54, 1.807) is 25.3 Å². The summed E-state index contributed by atoms with van der Waals surface area (Å²) in [5.41, 5.74) is 0.592. The first-order chi connectivity index (χ1) is 9.90. The van der Waals surface area contributed by atoms with Crippen molar-refractivity contribution in [3.63, 3.8) is 0 Å². The molecule has 1 aliphatic rings. The minimum atomic E-state index is -3.47. The van der Waals surface area contributed by atoms with E-state index in [2.05, 4.69) is 17.0 Å². The molecule has 0 amide bonds. The quantitative estimate of drug-likeness (QED) is 0.721. The van der Waals surface area contributed by atoms with Gasteiger partial charge < -0.3 is 10.1 Å². The molecule has 1 saturated carbocycles. The lowest BCUT2D eigenvalue weighted by Crippen LogP contribution is -2.34.